The van der Waals surface area contributed by atoms with Crippen molar-refractivity contribution >= 4 is 5.91 Å². The van der Waals surface area contributed by atoms with Gasteiger partial charge in [-0.25, -0.2) is 4.57 Å². The normalized spacial score (nSPS) is 16.1. The van der Waals surface area contributed by atoms with E-state index >= 15 is 0 Å². The lowest BCUT2D eigenvalue weighted by Gasteiger charge is -2.19. The minimum atomic E-state index is 0.361. The van der Waals surface area contributed by atoms with E-state index in [9.17, 15) is 4.79 Å². The minimum Gasteiger partial charge on any atom is -0.343 e. The Balaban J connectivity index is 1.63. The number of hydrogen-bond acceptors (Lipinski definition) is 1. The molecular weight excluding hydrogens is 236 g/mol. The number of carbonyl (C=O) groups is 1. The van der Waals surface area contributed by atoms with Crippen molar-refractivity contribution in [3.05, 3.63) is 30.6 Å². The number of rotatable bonds is 5. The summed E-state index contributed by atoms with van der Waals surface area (Å²) in [6.45, 7) is 2.96. The highest BCUT2D eigenvalue weighted by atomic mass is 16.2. The number of amides is 1. The van der Waals surface area contributed by atoms with Gasteiger partial charge in [-0.2, -0.15) is 0 Å². The lowest BCUT2D eigenvalue weighted by Crippen LogP contribution is -2.33. The Morgan fingerprint density at radius 1 is 0.947 bits per heavy atom. The van der Waals surface area contributed by atoms with Crippen molar-refractivity contribution in [1.82, 2.24) is 4.90 Å². The molecule has 0 radical (unpaired) electrons. The van der Waals surface area contributed by atoms with E-state index in [0.29, 0.717) is 12.3 Å². The fourth-order valence-electron chi connectivity index (χ4n) is 2.63. The van der Waals surface area contributed by atoms with Crippen molar-refractivity contribution in [2.75, 3.05) is 13.1 Å². The Kier molecular flexibility index (Phi) is 5.86. The highest BCUT2D eigenvalue weighted by Gasteiger charge is 2.14. The summed E-state index contributed by atoms with van der Waals surface area (Å²) in [5.74, 6) is 0.361. The molecule has 3 nitrogen and oxygen atoms in total. The van der Waals surface area contributed by atoms with Crippen molar-refractivity contribution in [3.63, 3.8) is 0 Å². The molecule has 1 aliphatic rings. The number of carbonyl (C=O) groups excluding carboxylic acids is 1. The Morgan fingerprint density at radius 3 is 2.32 bits per heavy atom. The molecule has 3 heteroatoms. The fourth-order valence-corrected chi connectivity index (χ4v) is 2.63. The lowest BCUT2D eigenvalue weighted by atomic mass is 10.2. The van der Waals surface area contributed by atoms with Crippen molar-refractivity contribution in [2.24, 2.45) is 0 Å². The van der Waals surface area contributed by atoms with Crippen LogP contribution >= 0.6 is 0 Å². The average molecular weight is 261 g/mol. The molecule has 2 rings (SSSR count). The van der Waals surface area contributed by atoms with Crippen LogP contribution in [0.4, 0.5) is 0 Å². The molecule has 104 valence electrons. The molecule has 0 unspecified atom stereocenters. The molecule has 1 aliphatic heterocycles. The van der Waals surface area contributed by atoms with E-state index in [1.54, 1.807) is 0 Å². The standard InChI is InChI=1S/C16H25N2O/c19-16(18-14-7-1-2-8-15-18)10-4-9-13-17-11-5-3-6-12-17/h3,5-6,11-12H,1-2,4,7-10,13-15H2/q+1. The highest BCUT2D eigenvalue weighted by Crippen LogP contribution is 2.11. The molecule has 1 aromatic rings. The predicted molar refractivity (Wildman–Crippen MR) is 75.5 cm³/mol. The Hall–Kier alpha value is -1.38. The van der Waals surface area contributed by atoms with E-state index in [1.165, 1.54) is 25.7 Å². The maximum Gasteiger partial charge on any atom is 0.222 e. The zero-order chi connectivity index (χ0) is 13.3. The van der Waals surface area contributed by atoms with Gasteiger partial charge in [-0.15, -0.1) is 0 Å². The molecule has 0 N–H and O–H groups in total. The third kappa shape index (κ3) is 5.01. The van der Waals surface area contributed by atoms with Gasteiger partial charge in [0.1, 0.15) is 6.54 Å². The Morgan fingerprint density at radius 2 is 1.63 bits per heavy atom. The second-order valence-electron chi connectivity index (χ2n) is 5.37. The van der Waals surface area contributed by atoms with E-state index < -0.39 is 0 Å². The molecule has 1 amide bonds. The third-order valence-corrected chi connectivity index (χ3v) is 3.79. The topological polar surface area (TPSA) is 24.2 Å². The van der Waals surface area contributed by atoms with Crippen LogP contribution in [0.3, 0.4) is 0 Å². The van der Waals surface area contributed by atoms with E-state index in [1.807, 2.05) is 18.2 Å². The minimum absolute atomic E-state index is 0.361. The van der Waals surface area contributed by atoms with Gasteiger partial charge in [0.2, 0.25) is 5.91 Å². The van der Waals surface area contributed by atoms with Gasteiger partial charge >= 0.3 is 0 Å². The second kappa shape index (κ2) is 7.93. The number of nitrogens with zero attached hydrogens (tertiary/aromatic N) is 2. The SMILES string of the molecule is O=C(CCCC[n+]1ccccc1)N1CCCCCC1. The maximum absolute atomic E-state index is 12.1. The van der Waals surface area contributed by atoms with Crippen molar-refractivity contribution in [2.45, 2.75) is 51.5 Å². The molecule has 0 atom stereocenters. The molecule has 19 heavy (non-hydrogen) atoms. The van der Waals surface area contributed by atoms with Crippen molar-refractivity contribution in [3.8, 4) is 0 Å². The largest absolute Gasteiger partial charge is 0.343 e. The van der Waals surface area contributed by atoms with Crippen LogP contribution in [0, 0.1) is 0 Å². The third-order valence-electron chi connectivity index (χ3n) is 3.79. The van der Waals surface area contributed by atoms with Crippen LogP contribution in [0.15, 0.2) is 30.6 Å². The van der Waals surface area contributed by atoms with Crippen LogP contribution in [-0.2, 0) is 11.3 Å². The molecule has 2 heterocycles. The van der Waals surface area contributed by atoms with E-state index in [-0.39, 0.29) is 0 Å². The van der Waals surface area contributed by atoms with Gasteiger partial charge in [-0.1, -0.05) is 18.9 Å². The number of unbranched alkanes of at least 4 members (excludes halogenated alkanes) is 1. The monoisotopic (exact) mass is 261 g/mol. The first kappa shape index (κ1) is 14.0. The smallest absolute Gasteiger partial charge is 0.222 e. The zero-order valence-electron chi connectivity index (χ0n) is 11.8. The lowest BCUT2D eigenvalue weighted by molar-refractivity contribution is -0.697. The fraction of sp³-hybridized carbons (Fsp3) is 0.625. The van der Waals surface area contributed by atoms with Gasteiger partial charge in [-0.3, -0.25) is 4.79 Å². The van der Waals surface area contributed by atoms with E-state index in [4.69, 9.17) is 0 Å². The number of hydrogen-bond donors (Lipinski definition) is 0. The summed E-state index contributed by atoms with van der Waals surface area (Å²) in [4.78, 5) is 14.2. The first-order valence-corrected chi connectivity index (χ1v) is 7.58. The average Bonchev–Trinajstić information content (AvgIpc) is 2.73. The van der Waals surface area contributed by atoms with E-state index in [0.717, 1.165) is 32.5 Å². The van der Waals surface area contributed by atoms with Crippen LogP contribution in [0.25, 0.3) is 0 Å². The molecule has 1 saturated heterocycles. The molecule has 0 bridgehead atoms. The van der Waals surface area contributed by atoms with Crippen LogP contribution in [0.5, 0.6) is 0 Å². The first-order chi connectivity index (χ1) is 9.36. The van der Waals surface area contributed by atoms with E-state index in [2.05, 4.69) is 21.9 Å². The highest BCUT2D eigenvalue weighted by molar-refractivity contribution is 5.76. The summed E-state index contributed by atoms with van der Waals surface area (Å²) in [5, 5.41) is 0. The molecule has 0 spiro atoms. The Bertz CT molecular complexity index is 370. The number of pyridine rings is 1. The van der Waals surface area contributed by atoms with Crippen LogP contribution < -0.4 is 4.57 Å². The van der Waals surface area contributed by atoms with Crippen molar-refractivity contribution < 1.29 is 9.36 Å². The molecule has 1 aromatic heterocycles. The first-order valence-electron chi connectivity index (χ1n) is 7.58. The summed E-state index contributed by atoms with van der Waals surface area (Å²) >= 11 is 0. The molecule has 1 fully saturated rings. The van der Waals surface area contributed by atoms with Gasteiger partial charge < -0.3 is 4.90 Å². The second-order valence-corrected chi connectivity index (χ2v) is 5.37. The summed E-state index contributed by atoms with van der Waals surface area (Å²) in [6, 6.07) is 6.12. The van der Waals surface area contributed by atoms with Gasteiger partial charge in [0.15, 0.2) is 12.4 Å². The van der Waals surface area contributed by atoms with Gasteiger partial charge in [-0.05, 0) is 19.3 Å². The molecule has 0 aliphatic carbocycles. The quantitative estimate of drug-likeness (QED) is 0.590. The molecule has 0 aromatic carbocycles. The predicted octanol–water partition coefficient (Wildman–Crippen LogP) is 2.55. The van der Waals surface area contributed by atoms with Gasteiger partial charge in [0, 0.05) is 38.1 Å². The summed E-state index contributed by atoms with van der Waals surface area (Å²) in [6.07, 6.45) is 11.9. The van der Waals surface area contributed by atoms with Crippen LogP contribution in [0.2, 0.25) is 0 Å². The molecular formula is C16H25N2O+. The summed E-state index contributed by atoms with van der Waals surface area (Å²) in [5.41, 5.74) is 0. The van der Waals surface area contributed by atoms with Crippen LogP contribution in [0.1, 0.15) is 44.9 Å². The summed E-state index contributed by atoms with van der Waals surface area (Å²) in [7, 11) is 0. The van der Waals surface area contributed by atoms with Gasteiger partial charge in [0.25, 0.3) is 0 Å². The van der Waals surface area contributed by atoms with Gasteiger partial charge in [0.05, 0.1) is 0 Å². The van der Waals surface area contributed by atoms with Crippen LogP contribution in [-0.4, -0.2) is 23.9 Å². The number of likely N-dealkylation sites (tertiary alicyclic amines) is 1. The summed E-state index contributed by atoms with van der Waals surface area (Å²) < 4.78 is 2.18. The number of aryl methyl sites for hydroxylation is 1. The molecule has 0 saturated carbocycles. The maximum atomic E-state index is 12.1. The number of aromatic nitrogens is 1. The zero-order valence-corrected chi connectivity index (χ0v) is 11.8. The Labute approximate surface area is 116 Å². The van der Waals surface area contributed by atoms with Crippen molar-refractivity contribution in [1.29, 1.82) is 0 Å².